The molecule has 0 aliphatic rings. The highest BCUT2D eigenvalue weighted by Gasteiger charge is 2.10. The predicted molar refractivity (Wildman–Crippen MR) is 89.4 cm³/mol. The van der Waals surface area contributed by atoms with Gasteiger partial charge in [-0.2, -0.15) is 0 Å². The Morgan fingerprint density at radius 2 is 2.14 bits per heavy atom. The van der Waals surface area contributed by atoms with Crippen LogP contribution in [0.2, 0.25) is 0 Å². The molecule has 1 amide bonds. The van der Waals surface area contributed by atoms with Gasteiger partial charge in [-0.1, -0.05) is 37.3 Å². The predicted octanol–water partition coefficient (Wildman–Crippen LogP) is 1.81. The van der Waals surface area contributed by atoms with Crippen LogP contribution < -0.4 is 16.4 Å². The Hall–Kier alpha value is -2.21. The SMILES string of the molecule is CCCNC(=O)CNc1nc2ccccc2cc1C(N)=S. The molecule has 4 N–H and O–H groups in total. The van der Waals surface area contributed by atoms with E-state index in [0.29, 0.717) is 17.9 Å². The summed E-state index contributed by atoms with van der Waals surface area (Å²) in [5.41, 5.74) is 7.22. The van der Waals surface area contributed by atoms with E-state index in [9.17, 15) is 4.79 Å². The highest BCUT2D eigenvalue weighted by molar-refractivity contribution is 7.80. The van der Waals surface area contributed by atoms with Gasteiger partial charge in [-0.05, 0) is 18.6 Å². The summed E-state index contributed by atoms with van der Waals surface area (Å²) < 4.78 is 0. The van der Waals surface area contributed by atoms with Crippen LogP contribution in [0.3, 0.4) is 0 Å². The van der Waals surface area contributed by atoms with E-state index in [1.165, 1.54) is 0 Å². The van der Waals surface area contributed by atoms with Gasteiger partial charge in [-0.3, -0.25) is 4.79 Å². The lowest BCUT2D eigenvalue weighted by atomic mass is 10.1. The number of pyridine rings is 1. The lowest BCUT2D eigenvalue weighted by Crippen LogP contribution is -2.31. The molecule has 2 aromatic rings. The van der Waals surface area contributed by atoms with Gasteiger partial charge in [-0.25, -0.2) is 4.98 Å². The number of nitrogens with one attached hydrogen (secondary N) is 2. The first kappa shape index (κ1) is 15.2. The van der Waals surface area contributed by atoms with E-state index < -0.39 is 0 Å². The molecule has 6 heteroatoms. The molecule has 0 radical (unpaired) electrons. The number of nitrogens with two attached hydrogens (primary N) is 1. The molecule has 0 saturated heterocycles. The third-order valence-corrected chi connectivity index (χ3v) is 3.20. The van der Waals surface area contributed by atoms with Gasteiger partial charge in [0.1, 0.15) is 10.8 Å². The fourth-order valence-electron chi connectivity index (χ4n) is 1.93. The highest BCUT2D eigenvalue weighted by atomic mass is 32.1. The maximum Gasteiger partial charge on any atom is 0.239 e. The summed E-state index contributed by atoms with van der Waals surface area (Å²) >= 11 is 5.06. The molecule has 0 atom stereocenters. The monoisotopic (exact) mass is 302 g/mol. The highest BCUT2D eigenvalue weighted by Crippen LogP contribution is 2.20. The van der Waals surface area contributed by atoms with Crippen LogP contribution in [-0.4, -0.2) is 29.0 Å². The van der Waals surface area contributed by atoms with E-state index in [1.807, 2.05) is 37.3 Å². The lowest BCUT2D eigenvalue weighted by Gasteiger charge is -2.11. The van der Waals surface area contributed by atoms with E-state index in [-0.39, 0.29) is 17.4 Å². The fraction of sp³-hybridized carbons (Fsp3) is 0.267. The van der Waals surface area contributed by atoms with Crippen molar-refractivity contribution in [2.75, 3.05) is 18.4 Å². The van der Waals surface area contributed by atoms with Crippen LogP contribution in [0, 0.1) is 0 Å². The first-order valence-electron chi connectivity index (χ1n) is 6.82. The van der Waals surface area contributed by atoms with Gasteiger partial charge in [0.15, 0.2) is 0 Å². The number of carbonyl (C=O) groups is 1. The van der Waals surface area contributed by atoms with Crippen molar-refractivity contribution in [3.8, 4) is 0 Å². The smallest absolute Gasteiger partial charge is 0.239 e. The molecule has 0 unspecified atom stereocenters. The maximum absolute atomic E-state index is 11.7. The van der Waals surface area contributed by atoms with E-state index in [2.05, 4.69) is 15.6 Å². The molecule has 110 valence electrons. The molecule has 2 rings (SSSR count). The minimum atomic E-state index is -0.0827. The van der Waals surface area contributed by atoms with Crippen LogP contribution >= 0.6 is 12.2 Å². The van der Waals surface area contributed by atoms with E-state index in [1.54, 1.807) is 0 Å². The average Bonchev–Trinajstić information content (AvgIpc) is 2.49. The molecule has 0 spiro atoms. The van der Waals surface area contributed by atoms with Crippen LogP contribution in [0.25, 0.3) is 10.9 Å². The number of aromatic nitrogens is 1. The lowest BCUT2D eigenvalue weighted by molar-refractivity contribution is -0.119. The molecular formula is C15H18N4OS. The van der Waals surface area contributed by atoms with Crippen molar-refractivity contribution >= 4 is 39.8 Å². The molecule has 1 heterocycles. The number of hydrogen-bond donors (Lipinski definition) is 3. The number of hydrogen-bond acceptors (Lipinski definition) is 4. The van der Waals surface area contributed by atoms with Gasteiger partial charge in [-0.15, -0.1) is 0 Å². The first-order valence-corrected chi connectivity index (χ1v) is 7.22. The minimum absolute atomic E-state index is 0.0827. The maximum atomic E-state index is 11.7. The Kier molecular flexibility index (Phi) is 5.05. The summed E-state index contributed by atoms with van der Waals surface area (Å²) in [7, 11) is 0. The zero-order chi connectivity index (χ0) is 15.2. The second kappa shape index (κ2) is 6.99. The molecule has 21 heavy (non-hydrogen) atoms. The van der Waals surface area contributed by atoms with E-state index >= 15 is 0 Å². The van der Waals surface area contributed by atoms with Gasteiger partial charge in [0.2, 0.25) is 5.91 Å². The quantitative estimate of drug-likeness (QED) is 0.709. The molecule has 0 aliphatic heterocycles. The third kappa shape index (κ3) is 3.88. The Balaban J connectivity index is 2.22. The van der Waals surface area contributed by atoms with Gasteiger partial charge < -0.3 is 16.4 Å². The standard InChI is InChI=1S/C15H18N4OS/c1-2-7-17-13(20)9-18-15-11(14(16)21)8-10-5-3-4-6-12(10)19-15/h3-6,8H,2,7,9H2,1H3,(H2,16,21)(H,17,20)(H,18,19). The molecule has 0 aliphatic carbocycles. The van der Waals surface area contributed by atoms with Crippen molar-refractivity contribution in [2.24, 2.45) is 5.73 Å². The fourth-order valence-corrected chi connectivity index (χ4v) is 2.09. The number of carbonyl (C=O) groups excluding carboxylic acids is 1. The largest absolute Gasteiger partial charge is 0.389 e. The van der Waals surface area contributed by atoms with Crippen LogP contribution in [0.5, 0.6) is 0 Å². The van der Waals surface area contributed by atoms with E-state index in [0.717, 1.165) is 17.3 Å². The summed E-state index contributed by atoms with van der Waals surface area (Å²) in [6.07, 6.45) is 0.901. The van der Waals surface area contributed by atoms with Crippen molar-refractivity contribution in [3.05, 3.63) is 35.9 Å². The van der Waals surface area contributed by atoms with Crippen molar-refractivity contribution in [2.45, 2.75) is 13.3 Å². The van der Waals surface area contributed by atoms with Crippen molar-refractivity contribution in [1.82, 2.24) is 10.3 Å². The van der Waals surface area contributed by atoms with Crippen LogP contribution in [0.15, 0.2) is 30.3 Å². The molecular weight excluding hydrogens is 284 g/mol. The molecule has 0 fully saturated rings. The molecule has 1 aromatic heterocycles. The summed E-state index contributed by atoms with van der Waals surface area (Å²) in [6.45, 7) is 2.80. The Morgan fingerprint density at radius 1 is 1.38 bits per heavy atom. The summed E-state index contributed by atoms with van der Waals surface area (Å²) in [4.78, 5) is 16.4. The van der Waals surface area contributed by atoms with Gasteiger partial charge in [0.05, 0.1) is 17.6 Å². The summed E-state index contributed by atoms with van der Waals surface area (Å²) in [5.74, 6) is 0.452. The number of benzene rings is 1. The van der Waals surface area contributed by atoms with Crippen molar-refractivity contribution in [1.29, 1.82) is 0 Å². The number of rotatable bonds is 6. The van der Waals surface area contributed by atoms with Crippen LogP contribution in [-0.2, 0) is 4.79 Å². The number of anilines is 1. The van der Waals surface area contributed by atoms with Crippen LogP contribution in [0.1, 0.15) is 18.9 Å². The summed E-state index contributed by atoms with van der Waals surface area (Å²) in [5, 5.41) is 6.76. The Morgan fingerprint density at radius 3 is 2.86 bits per heavy atom. The van der Waals surface area contributed by atoms with Crippen LogP contribution in [0.4, 0.5) is 5.82 Å². The molecule has 1 aromatic carbocycles. The Labute approximate surface area is 128 Å². The number of nitrogens with zero attached hydrogens (tertiary/aromatic N) is 1. The topological polar surface area (TPSA) is 80.0 Å². The average molecular weight is 302 g/mol. The second-order valence-electron chi connectivity index (χ2n) is 4.64. The van der Waals surface area contributed by atoms with Gasteiger partial charge in [0, 0.05) is 11.9 Å². The number of fused-ring (bicyclic) bond motifs is 1. The first-order chi connectivity index (χ1) is 10.1. The van der Waals surface area contributed by atoms with Gasteiger partial charge >= 0.3 is 0 Å². The summed E-state index contributed by atoms with van der Waals surface area (Å²) in [6, 6.07) is 9.58. The normalized spacial score (nSPS) is 10.3. The molecule has 0 saturated carbocycles. The molecule has 5 nitrogen and oxygen atoms in total. The number of amides is 1. The van der Waals surface area contributed by atoms with E-state index in [4.69, 9.17) is 18.0 Å². The van der Waals surface area contributed by atoms with Gasteiger partial charge in [0.25, 0.3) is 0 Å². The number of thiocarbonyl (C=S) groups is 1. The zero-order valence-corrected chi connectivity index (χ0v) is 12.7. The minimum Gasteiger partial charge on any atom is -0.389 e. The van der Waals surface area contributed by atoms with Crippen molar-refractivity contribution in [3.63, 3.8) is 0 Å². The zero-order valence-electron chi connectivity index (χ0n) is 11.8. The number of para-hydroxylation sites is 1. The third-order valence-electron chi connectivity index (χ3n) is 2.98. The molecule has 0 bridgehead atoms. The Bertz CT molecular complexity index is 672. The second-order valence-corrected chi connectivity index (χ2v) is 5.08. The van der Waals surface area contributed by atoms with Crippen molar-refractivity contribution < 1.29 is 4.79 Å².